The van der Waals surface area contributed by atoms with E-state index in [4.69, 9.17) is 35.4 Å². The molecule has 0 bridgehead atoms. The molecule has 2 aromatic carbocycles. The van der Waals surface area contributed by atoms with Crippen LogP contribution in [0.5, 0.6) is 0 Å². The van der Waals surface area contributed by atoms with E-state index in [0.29, 0.717) is 15.6 Å². The average Bonchev–Trinajstić information content (AvgIpc) is 2.78. The number of para-hydroxylation sites is 1. The van der Waals surface area contributed by atoms with E-state index in [9.17, 15) is 9.18 Å². The standard InChI is InChI=1S/C16H9Cl2FN2OS/c17-10-4-3-5-11(18)9(10)8-13-15(22)21(16(23)20-13)14-7-2-1-6-12(14)19/h1-8H,(H,20,23). The molecule has 0 aromatic heterocycles. The molecular weight excluding hydrogens is 358 g/mol. The number of halogens is 3. The summed E-state index contributed by atoms with van der Waals surface area (Å²) in [6, 6.07) is 10.9. The molecule has 1 saturated heterocycles. The Hall–Kier alpha value is -1.95. The lowest BCUT2D eigenvalue weighted by molar-refractivity contribution is -0.113. The molecule has 0 spiro atoms. The van der Waals surface area contributed by atoms with E-state index in [0.717, 1.165) is 4.90 Å². The molecule has 23 heavy (non-hydrogen) atoms. The van der Waals surface area contributed by atoms with Crippen LogP contribution in [-0.2, 0) is 4.79 Å². The molecule has 1 amide bonds. The van der Waals surface area contributed by atoms with Gasteiger partial charge < -0.3 is 5.32 Å². The van der Waals surface area contributed by atoms with Crippen molar-refractivity contribution in [3.05, 3.63) is 69.6 Å². The average molecular weight is 367 g/mol. The molecule has 0 radical (unpaired) electrons. The maximum Gasteiger partial charge on any atom is 0.281 e. The van der Waals surface area contributed by atoms with Crippen LogP contribution >= 0.6 is 35.4 Å². The number of thiocarbonyl (C=S) groups is 1. The summed E-state index contributed by atoms with van der Waals surface area (Å²) in [6.07, 6.45) is 1.50. The second-order valence-corrected chi connectivity index (χ2v) is 5.92. The number of hydrogen-bond donors (Lipinski definition) is 1. The summed E-state index contributed by atoms with van der Waals surface area (Å²) in [6.45, 7) is 0. The first-order valence-corrected chi connectivity index (χ1v) is 7.71. The van der Waals surface area contributed by atoms with Crippen LogP contribution in [0.1, 0.15) is 5.56 Å². The van der Waals surface area contributed by atoms with Crippen LogP contribution in [0.2, 0.25) is 10.0 Å². The molecule has 0 unspecified atom stereocenters. The summed E-state index contributed by atoms with van der Waals surface area (Å²) >= 11 is 17.3. The minimum Gasteiger partial charge on any atom is -0.327 e. The number of nitrogens with zero attached hydrogens (tertiary/aromatic N) is 1. The lowest BCUT2D eigenvalue weighted by atomic mass is 10.2. The zero-order valence-corrected chi connectivity index (χ0v) is 13.8. The van der Waals surface area contributed by atoms with E-state index < -0.39 is 11.7 Å². The summed E-state index contributed by atoms with van der Waals surface area (Å²) in [7, 11) is 0. The second-order valence-electron chi connectivity index (χ2n) is 4.72. The molecule has 116 valence electrons. The summed E-state index contributed by atoms with van der Waals surface area (Å²) in [5.41, 5.74) is 0.752. The van der Waals surface area contributed by atoms with Crippen LogP contribution in [0.15, 0.2) is 48.2 Å². The summed E-state index contributed by atoms with van der Waals surface area (Å²) in [5, 5.41) is 3.66. The van der Waals surface area contributed by atoms with E-state index >= 15 is 0 Å². The van der Waals surface area contributed by atoms with Crippen molar-refractivity contribution in [2.45, 2.75) is 0 Å². The van der Waals surface area contributed by atoms with E-state index in [1.54, 1.807) is 24.3 Å². The molecule has 1 fully saturated rings. The topological polar surface area (TPSA) is 32.3 Å². The molecule has 1 heterocycles. The fourth-order valence-electron chi connectivity index (χ4n) is 2.18. The Labute approximate surface area is 147 Å². The number of rotatable bonds is 2. The van der Waals surface area contributed by atoms with Crippen molar-refractivity contribution in [3.63, 3.8) is 0 Å². The molecule has 0 saturated carbocycles. The minimum absolute atomic E-state index is 0.0867. The van der Waals surface area contributed by atoms with Crippen molar-refractivity contribution in [3.8, 4) is 0 Å². The molecule has 1 aliphatic rings. The quantitative estimate of drug-likeness (QED) is 0.631. The van der Waals surface area contributed by atoms with Crippen molar-refractivity contribution < 1.29 is 9.18 Å². The fraction of sp³-hybridized carbons (Fsp3) is 0. The zero-order valence-electron chi connectivity index (χ0n) is 11.5. The molecular formula is C16H9Cl2FN2OS. The highest BCUT2D eigenvalue weighted by Gasteiger charge is 2.33. The van der Waals surface area contributed by atoms with Gasteiger partial charge in [-0.2, -0.15) is 0 Å². The van der Waals surface area contributed by atoms with Gasteiger partial charge in [0.05, 0.1) is 5.69 Å². The first-order chi connectivity index (χ1) is 11.0. The summed E-state index contributed by atoms with van der Waals surface area (Å²) < 4.78 is 13.9. The van der Waals surface area contributed by atoms with Crippen LogP contribution in [0.25, 0.3) is 6.08 Å². The van der Waals surface area contributed by atoms with Crippen molar-refractivity contribution in [2.24, 2.45) is 0 Å². The Balaban J connectivity index is 2.02. The van der Waals surface area contributed by atoms with E-state index in [1.165, 1.54) is 24.3 Å². The molecule has 3 rings (SSSR count). The van der Waals surface area contributed by atoms with Gasteiger partial charge in [-0.15, -0.1) is 0 Å². The molecule has 3 nitrogen and oxygen atoms in total. The third-order valence-electron chi connectivity index (χ3n) is 3.26. The van der Waals surface area contributed by atoms with Gasteiger partial charge >= 0.3 is 0 Å². The second kappa shape index (κ2) is 6.28. The number of nitrogens with one attached hydrogen (secondary N) is 1. The fourth-order valence-corrected chi connectivity index (χ4v) is 2.98. The van der Waals surface area contributed by atoms with Gasteiger partial charge in [-0.1, -0.05) is 41.4 Å². The van der Waals surface area contributed by atoms with Gasteiger partial charge in [0.15, 0.2) is 5.11 Å². The smallest absolute Gasteiger partial charge is 0.281 e. The minimum atomic E-state index is -0.540. The third-order valence-corrected chi connectivity index (χ3v) is 4.20. The number of benzene rings is 2. The molecule has 2 aromatic rings. The number of anilines is 1. The zero-order chi connectivity index (χ0) is 16.6. The Bertz CT molecular complexity index is 833. The molecule has 7 heteroatoms. The predicted molar refractivity (Wildman–Crippen MR) is 94.1 cm³/mol. The van der Waals surface area contributed by atoms with Crippen LogP contribution in [0.3, 0.4) is 0 Å². The summed E-state index contributed by atoms with van der Waals surface area (Å²) in [4.78, 5) is 13.6. The monoisotopic (exact) mass is 366 g/mol. The number of carbonyl (C=O) groups is 1. The Morgan fingerprint density at radius 2 is 1.74 bits per heavy atom. The largest absolute Gasteiger partial charge is 0.327 e. The highest BCUT2D eigenvalue weighted by atomic mass is 35.5. The van der Waals surface area contributed by atoms with Crippen LogP contribution < -0.4 is 10.2 Å². The lowest BCUT2D eigenvalue weighted by Gasteiger charge is -2.14. The van der Waals surface area contributed by atoms with Gasteiger partial charge in [-0.05, 0) is 42.6 Å². The molecule has 0 atom stereocenters. The normalized spacial score (nSPS) is 16.1. The molecule has 0 aliphatic carbocycles. The summed E-state index contributed by atoms with van der Waals surface area (Å²) in [5.74, 6) is -1.02. The Morgan fingerprint density at radius 3 is 2.39 bits per heavy atom. The van der Waals surface area contributed by atoms with Gasteiger partial charge in [0, 0.05) is 15.6 Å². The van der Waals surface area contributed by atoms with Crippen molar-refractivity contribution in [1.82, 2.24) is 5.32 Å². The first-order valence-electron chi connectivity index (χ1n) is 6.54. The predicted octanol–water partition coefficient (Wildman–Crippen LogP) is 4.39. The van der Waals surface area contributed by atoms with Crippen molar-refractivity contribution >= 4 is 58.2 Å². The maximum atomic E-state index is 13.9. The first kappa shape index (κ1) is 15.9. The van der Waals surface area contributed by atoms with Gasteiger partial charge in [0.25, 0.3) is 5.91 Å². The highest BCUT2D eigenvalue weighted by Crippen LogP contribution is 2.29. The van der Waals surface area contributed by atoms with Crippen molar-refractivity contribution in [1.29, 1.82) is 0 Å². The van der Waals surface area contributed by atoms with Gasteiger partial charge in [0.1, 0.15) is 11.5 Å². The van der Waals surface area contributed by atoms with Crippen LogP contribution in [0.4, 0.5) is 10.1 Å². The van der Waals surface area contributed by atoms with Crippen molar-refractivity contribution in [2.75, 3.05) is 4.90 Å². The number of amides is 1. The van der Waals surface area contributed by atoms with Gasteiger partial charge in [0.2, 0.25) is 0 Å². The Morgan fingerprint density at radius 1 is 1.09 bits per heavy atom. The van der Waals surface area contributed by atoms with Gasteiger partial charge in [-0.3, -0.25) is 4.79 Å². The molecule has 1 N–H and O–H groups in total. The maximum absolute atomic E-state index is 13.9. The Kier molecular flexibility index (Phi) is 4.35. The van der Waals surface area contributed by atoms with Gasteiger partial charge in [-0.25, -0.2) is 9.29 Å². The number of carbonyl (C=O) groups excluding carboxylic acids is 1. The third kappa shape index (κ3) is 2.95. The SMILES string of the molecule is O=C1C(=Cc2c(Cl)cccc2Cl)NC(=S)N1c1ccccc1F. The van der Waals surface area contributed by atoms with E-state index in [-0.39, 0.29) is 16.5 Å². The van der Waals surface area contributed by atoms with E-state index in [1.807, 2.05) is 0 Å². The highest BCUT2D eigenvalue weighted by molar-refractivity contribution is 7.80. The lowest BCUT2D eigenvalue weighted by Crippen LogP contribution is -2.31. The van der Waals surface area contributed by atoms with Crippen LogP contribution in [0, 0.1) is 5.82 Å². The van der Waals surface area contributed by atoms with Crippen LogP contribution in [-0.4, -0.2) is 11.0 Å². The number of hydrogen-bond acceptors (Lipinski definition) is 2. The molecule has 1 aliphatic heterocycles. The van der Waals surface area contributed by atoms with E-state index in [2.05, 4.69) is 5.32 Å².